The first-order chi connectivity index (χ1) is 6.22. The monoisotopic (exact) mass is 180 g/mol. The lowest BCUT2D eigenvalue weighted by Crippen LogP contribution is -2.09. The highest BCUT2D eigenvalue weighted by molar-refractivity contribution is 5.20. The topological polar surface area (TPSA) is 34.2 Å². The van der Waals surface area contributed by atoms with Gasteiger partial charge in [0.2, 0.25) is 5.88 Å². The van der Waals surface area contributed by atoms with Gasteiger partial charge in [-0.05, 0) is 32.5 Å². The van der Waals surface area contributed by atoms with E-state index in [0.29, 0.717) is 5.88 Å². The summed E-state index contributed by atoms with van der Waals surface area (Å²) in [5.41, 5.74) is 1.19. The van der Waals surface area contributed by atoms with Crippen LogP contribution >= 0.6 is 0 Å². The molecule has 72 valence electrons. The lowest BCUT2D eigenvalue weighted by atomic mass is 10.2. The van der Waals surface area contributed by atoms with Gasteiger partial charge >= 0.3 is 0 Å². The minimum Gasteiger partial charge on any atom is -0.475 e. The Morgan fingerprint density at radius 1 is 1.54 bits per heavy atom. The fourth-order valence-corrected chi connectivity index (χ4v) is 1.07. The van der Waals surface area contributed by atoms with Crippen molar-refractivity contribution in [2.24, 2.45) is 0 Å². The summed E-state index contributed by atoms with van der Waals surface area (Å²) in [5.74, 6) is 0.697. The van der Waals surface area contributed by atoms with Crippen LogP contribution in [0.4, 0.5) is 0 Å². The van der Waals surface area contributed by atoms with Gasteiger partial charge in [-0.3, -0.25) is 0 Å². The van der Waals surface area contributed by atoms with E-state index in [-0.39, 0.29) is 6.10 Å². The Labute approximate surface area is 79.1 Å². The van der Waals surface area contributed by atoms with Gasteiger partial charge in [0.25, 0.3) is 0 Å². The van der Waals surface area contributed by atoms with E-state index in [1.807, 2.05) is 33.0 Å². The van der Waals surface area contributed by atoms with Gasteiger partial charge in [-0.1, -0.05) is 0 Å². The van der Waals surface area contributed by atoms with Crippen molar-refractivity contribution >= 4 is 0 Å². The SMILES string of the molecule is CNCc1ccnc(OC(C)C)c1. The molecule has 3 nitrogen and oxygen atoms in total. The largest absolute Gasteiger partial charge is 0.475 e. The molecule has 1 aromatic rings. The molecule has 0 bridgehead atoms. The van der Waals surface area contributed by atoms with Gasteiger partial charge in [0.1, 0.15) is 0 Å². The van der Waals surface area contributed by atoms with Crippen molar-refractivity contribution in [3.05, 3.63) is 23.9 Å². The average molecular weight is 180 g/mol. The molecule has 1 aromatic heterocycles. The number of ether oxygens (including phenoxy) is 1. The molecular formula is C10H16N2O. The molecule has 0 atom stereocenters. The fraction of sp³-hybridized carbons (Fsp3) is 0.500. The Hall–Kier alpha value is -1.09. The van der Waals surface area contributed by atoms with E-state index in [4.69, 9.17) is 4.74 Å². The van der Waals surface area contributed by atoms with E-state index in [1.54, 1.807) is 6.20 Å². The first-order valence-electron chi connectivity index (χ1n) is 4.48. The van der Waals surface area contributed by atoms with Gasteiger partial charge in [0, 0.05) is 18.8 Å². The molecule has 3 heteroatoms. The van der Waals surface area contributed by atoms with Gasteiger partial charge in [-0.2, -0.15) is 0 Å². The van der Waals surface area contributed by atoms with Crippen LogP contribution in [0.5, 0.6) is 5.88 Å². The van der Waals surface area contributed by atoms with Gasteiger partial charge in [0.15, 0.2) is 0 Å². The molecule has 1 rings (SSSR count). The van der Waals surface area contributed by atoms with Crippen molar-refractivity contribution in [1.29, 1.82) is 0 Å². The van der Waals surface area contributed by atoms with Crippen LogP contribution in [0.1, 0.15) is 19.4 Å². The summed E-state index contributed by atoms with van der Waals surface area (Å²) in [6.07, 6.45) is 1.95. The Balaban J connectivity index is 2.67. The maximum Gasteiger partial charge on any atom is 0.213 e. The van der Waals surface area contributed by atoms with Crippen molar-refractivity contribution in [3.63, 3.8) is 0 Å². The standard InChI is InChI=1S/C10H16N2O/c1-8(2)13-10-6-9(7-11-3)4-5-12-10/h4-6,8,11H,7H2,1-3H3. The number of hydrogen-bond acceptors (Lipinski definition) is 3. The summed E-state index contributed by atoms with van der Waals surface area (Å²) in [6.45, 7) is 4.83. The van der Waals surface area contributed by atoms with E-state index in [9.17, 15) is 0 Å². The van der Waals surface area contributed by atoms with Crippen LogP contribution in [0.15, 0.2) is 18.3 Å². The molecule has 0 aromatic carbocycles. The van der Waals surface area contributed by atoms with Crippen molar-refractivity contribution in [2.45, 2.75) is 26.5 Å². The van der Waals surface area contributed by atoms with E-state index >= 15 is 0 Å². The Bertz CT molecular complexity index is 261. The molecule has 0 aliphatic rings. The molecule has 13 heavy (non-hydrogen) atoms. The van der Waals surface area contributed by atoms with E-state index < -0.39 is 0 Å². The first-order valence-corrected chi connectivity index (χ1v) is 4.48. The first kappa shape index (κ1) is 9.99. The second-order valence-corrected chi connectivity index (χ2v) is 3.20. The molecular weight excluding hydrogens is 164 g/mol. The lowest BCUT2D eigenvalue weighted by Gasteiger charge is -2.09. The molecule has 0 aliphatic heterocycles. The third kappa shape index (κ3) is 3.42. The van der Waals surface area contributed by atoms with Crippen molar-refractivity contribution < 1.29 is 4.74 Å². The molecule has 0 spiro atoms. The van der Waals surface area contributed by atoms with Gasteiger partial charge in [0.05, 0.1) is 6.10 Å². The number of aromatic nitrogens is 1. The molecule has 0 unspecified atom stereocenters. The summed E-state index contributed by atoms with van der Waals surface area (Å²) in [7, 11) is 1.92. The second-order valence-electron chi connectivity index (χ2n) is 3.20. The predicted octanol–water partition coefficient (Wildman–Crippen LogP) is 1.59. The van der Waals surface area contributed by atoms with Crippen LogP contribution in [-0.2, 0) is 6.54 Å². The van der Waals surface area contributed by atoms with E-state index in [0.717, 1.165) is 6.54 Å². The van der Waals surface area contributed by atoms with E-state index in [2.05, 4.69) is 10.3 Å². The maximum atomic E-state index is 5.46. The molecule has 0 saturated heterocycles. The number of nitrogens with zero attached hydrogens (tertiary/aromatic N) is 1. The minimum atomic E-state index is 0.178. The minimum absolute atomic E-state index is 0.178. The van der Waals surface area contributed by atoms with Gasteiger partial charge < -0.3 is 10.1 Å². The predicted molar refractivity (Wildman–Crippen MR) is 52.8 cm³/mol. The second kappa shape index (κ2) is 4.82. The smallest absolute Gasteiger partial charge is 0.213 e. The Kier molecular flexibility index (Phi) is 3.71. The molecule has 0 saturated carbocycles. The molecule has 0 amide bonds. The highest BCUT2D eigenvalue weighted by Crippen LogP contribution is 2.10. The zero-order chi connectivity index (χ0) is 9.68. The van der Waals surface area contributed by atoms with Crippen LogP contribution in [-0.4, -0.2) is 18.1 Å². The summed E-state index contributed by atoms with van der Waals surface area (Å²) >= 11 is 0. The fourth-order valence-electron chi connectivity index (χ4n) is 1.07. The number of hydrogen-bond donors (Lipinski definition) is 1. The van der Waals surface area contributed by atoms with E-state index in [1.165, 1.54) is 5.56 Å². The van der Waals surface area contributed by atoms with Crippen LogP contribution in [0.2, 0.25) is 0 Å². The summed E-state index contributed by atoms with van der Waals surface area (Å²) in [6, 6.07) is 3.93. The molecule has 1 N–H and O–H groups in total. The third-order valence-electron chi connectivity index (χ3n) is 1.54. The van der Waals surface area contributed by atoms with Crippen LogP contribution in [0.3, 0.4) is 0 Å². The van der Waals surface area contributed by atoms with Crippen molar-refractivity contribution in [2.75, 3.05) is 7.05 Å². The Morgan fingerprint density at radius 3 is 2.92 bits per heavy atom. The Morgan fingerprint density at radius 2 is 2.31 bits per heavy atom. The molecule has 1 heterocycles. The zero-order valence-corrected chi connectivity index (χ0v) is 8.37. The summed E-state index contributed by atoms with van der Waals surface area (Å²) < 4.78 is 5.46. The third-order valence-corrected chi connectivity index (χ3v) is 1.54. The molecule has 0 aliphatic carbocycles. The normalized spacial score (nSPS) is 10.5. The number of pyridine rings is 1. The highest BCUT2D eigenvalue weighted by atomic mass is 16.5. The average Bonchev–Trinajstić information content (AvgIpc) is 2.04. The maximum absolute atomic E-state index is 5.46. The molecule has 0 fully saturated rings. The summed E-state index contributed by atoms with van der Waals surface area (Å²) in [5, 5.41) is 3.08. The van der Waals surface area contributed by atoms with Crippen LogP contribution < -0.4 is 10.1 Å². The quantitative estimate of drug-likeness (QED) is 0.764. The van der Waals surface area contributed by atoms with Crippen molar-refractivity contribution in [1.82, 2.24) is 10.3 Å². The lowest BCUT2D eigenvalue weighted by molar-refractivity contribution is 0.232. The van der Waals surface area contributed by atoms with Crippen molar-refractivity contribution in [3.8, 4) is 5.88 Å². The summed E-state index contributed by atoms with van der Waals surface area (Å²) in [4.78, 5) is 4.11. The van der Waals surface area contributed by atoms with Gasteiger partial charge in [-0.15, -0.1) is 0 Å². The highest BCUT2D eigenvalue weighted by Gasteiger charge is 1.99. The van der Waals surface area contributed by atoms with Gasteiger partial charge in [-0.25, -0.2) is 4.98 Å². The molecule has 0 radical (unpaired) electrons. The van der Waals surface area contributed by atoms with Crippen LogP contribution in [0.25, 0.3) is 0 Å². The van der Waals surface area contributed by atoms with Crippen LogP contribution in [0, 0.1) is 0 Å². The number of rotatable bonds is 4. The zero-order valence-electron chi connectivity index (χ0n) is 8.37. The number of nitrogens with one attached hydrogen (secondary N) is 1.